The first-order valence-corrected chi connectivity index (χ1v) is 5.36. The van der Waals surface area contributed by atoms with Gasteiger partial charge in [-0.05, 0) is 36.8 Å². The van der Waals surface area contributed by atoms with Crippen molar-refractivity contribution in [1.29, 1.82) is 0 Å². The van der Waals surface area contributed by atoms with Crippen LogP contribution in [0.25, 0.3) is 0 Å². The highest BCUT2D eigenvalue weighted by atomic mass is 19.1. The zero-order valence-corrected chi connectivity index (χ0v) is 9.77. The quantitative estimate of drug-likeness (QED) is 0.853. The lowest BCUT2D eigenvalue weighted by Crippen LogP contribution is -2.15. The molecule has 0 radical (unpaired) electrons. The number of carbonyl (C=O) groups is 1. The summed E-state index contributed by atoms with van der Waals surface area (Å²) in [5.74, 6) is -0.564. The molecule has 1 heterocycles. The van der Waals surface area contributed by atoms with E-state index in [1.165, 1.54) is 12.1 Å². The maximum atomic E-state index is 13.1. The SMILES string of the molecule is Cc1ccc(F)cc1NC(=O)c1cccc(N)n1. The molecule has 0 fully saturated rings. The molecule has 5 heteroatoms. The van der Waals surface area contributed by atoms with Crippen LogP contribution in [0.4, 0.5) is 15.9 Å². The molecule has 0 unspecified atom stereocenters. The van der Waals surface area contributed by atoms with Gasteiger partial charge in [-0.2, -0.15) is 0 Å². The summed E-state index contributed by atoms with van der Waals surface area (Å²) in [5, 5.41) is 2.60. The number of aryl methyl sites for hydroxylation is 1. The van der Waals surface area contributed by atoms with Gasteiger partial charge in [0.25, 0.3) is 5.91 Å². The predicted molar refractivity (Wildman–Crippen MR) is 67.7 cm³/mol. The molecular weight excluding hydrogens is 233 g/mol. The number of hydrogen-bond acceptors (Lipinski definition) is 3. The van der Waals surface area contributed by atoms with Gasteiger partial charge in [-0.15, -0.1) is 0 Å². The van der Waals surface area contributed by atoms with Crippen molar-refractivity contribution in [3.05, 3.63) is 53.5 Å². The molecule has 18 heavy (non-hydrogen) atoms. The Morgan fingerprint density at radius 2 is 2.11 bits per heavy atom. The van der Waals surface area contributed by atoms with Gasteiger partial charge in [0.2, 0.25) is 0 Å². The van der Waals surface area contributed by atoms with Crippen LogP contribution in [0.5, 0.6) is 0 Å². The predicted octanol–water partition coefficient (Wildman–Crippen LogP) is 2.36. The minimum Gasteiger partial charge on any atom is -0.384 e. The van der Waals surface area contributed by atoms with Crippen molar-refractivity contribution in [3.8, 4) is 0 Å². The molecule has 1 amide bonds. The maximum absolute atomic E-state index is 13.1. The average molecular weight is 245 g/mol. The van der Waals surface area contributed by atoms with Crippen LogP contribution in [-0.4, -0.2) is 10.9 Å². The second-order valence-corrected chi connectivity index (χ2v) is 3.86. The van der Waals surface area contributed by atoms with E-state index in [0.29, 0.717) is 5.69 Å². The highest BCUT2D eigenvalue weighted by Crippen LogP contribution is 2.16. The molecule has 0 spiro atoms. The molecule has 2 rings (SSSR count). The molecule has 0 aliphatic carbocycles. The van der Waals surface area contributed by atoms with Gasteiger partial charge in [0.05, 0.1) is 0 Å². The first-order chi connectivity index (χ1) is 8.56. The molecule has 1 aromatic carbocycles. The molecule has 92 valence electrons. The van der Waals surface area contributed by atoms with E-state index in [4.69, 9.17) is 5.73 Å². The summed E-state index contributed by atoms with van der Waals surface area (Å²) in [6, 6.07) is 8.96. The van der Waals surface area contributed by atoms with Crippen molar-refractivity contribution < 1.29 is 9.18 Å². The Morgan fingerprint density at radius 1 is 1.33 bits per heavy atom. The molecule has 3 N–H and O–H groups in total. The van der Waals surface area contributed by atoms with Gasteiger partial charge in [0, 0.05) is 5.69 Å². The highest BCUT2D eigenvalue weighted by molar-refractivity contribution is 6.03. The van der Waals surface area contributed by atoms with Crippen LogP contribution in [-0.2, 0) is 0 Å². The fourth-order valence-corrected chi connectivity index (χ4v) is 1.49. The second kappa shape index (κ2) is 4.83. The van der Waals surface area contributed by atoms with Gasteiger partial charge in [0.1, 0.15) is 17.3 Å². The Labute approximate surface area is 104 Å². The molecule has 0 aliphatic rings. The number of carbonyl (C=O) groups excluding carboxylic acids is 1. The largest absolute Gasteiger partial charge is 0.384 e. The summed E-state index contributed by atoms with van der Waals surface area (Å²) in [7, 11) is 0. The number of nitrogens with one attached hydrogen (secondary N) is 1. The molecule has 0 saturated heterocycles. The van der Waals surface area contributed by atoms with Crippen molar-refractivity contribution in [1.82, 2.24) is 4.98 Å². The monoisotopic (exact) mass is 245 g/mol. The van der Waals surface area contributed by atoms with Crippen molar-refractivity contribution in [2.75, 3.05) is 11.1 Å². The van der Waals surface area contributed by atoms with Crippen molar-refractivity contribution >= 4 is 17.4 Å². The van der Waals surface area contributed by atoms with Crippen molar-refractivity contribution in [3.63, 3.8) is 0 Å². The number of halogens is 1. The van der Waals surface area contributed by atoms with E-state index in [9.17, 15) is 9.18 Å². The highest BCUT2D eigenvalue weighted by Gasteiger charge is 2.09. The van der Waals surface area contributed by atoms with E-state index < -0.39 is 11.7 Å². The third-order valence-electron chi connectivity index (χ3n) is 2.45. The van der Waals surface area contributed by atoms with Gasteiger partial charge >= 0.3 is 0 Å². The number of rotatable bonds is 2. The van der Waals surface area contributed by atoms with Crippen molar-refractivity contribution in [2.24, 2.45) is 0 Å². The third-order valence-corrected chi connectivity index (χ3v) is 2.45. The van der Waals surface area contributed by atoms with Crippen LogP contribution in [0, 0.1) is 12.7 Å². The molecule has 2 aromatic rings. The Balaban J connectivity index is 2.24. The van der Waals surface area contributed by atoms with Crippen LogP contribution in [0.1, 0.15) is 16.1 Å². The first-order valence-electron chi connectivity index (χ1n) is 5.36. The summed E-state index contributed by atoms with van der Waals surface area (Å²) in [6.45, 7) is 1.78. The number of aromatic nitrogens is 1. The molecule has 1 aromatic heterocycles. The van der Waals surface area contributed by atoms with Gasteiger partial charge in [-0.25, -0.2) is 9.37 Å². The topological polar surface area (TPSA) is 68.0 Å². The Morgan fingerprint density at radius 3 is 2.83 bits per heavy atom. The lowest BCUT2D eigenvalue weighted by atomic mass is 10.2. The molecular formula is C13H12FN3O. The van der Waals surface area contributed by atoms with Gasteiger partial charge in [-0.1, -0.05) is 12.1 Å². The summed E-state index contributed by atoms with van der Waals surface area (Å²) < 4.78 is 13.1. The number of hydrogen-bond donors (Lipinski definition) is 2. The molecule has 0 bridgehead atoms. The maximum Gasteiger partial charge on any atom is 0.274 e. The normalized spacial score (nSPS) is 10.1. The molecule has 4 nitrogen and oxygen atoms in total. The van der Waals surface area contributed by atoms with Gasteiger partial charge in [0.15, 0.2) is 0 Å². The zero-order valence-electron chi connectivity index (χ0n) is 9.77. The zero-order chi connectivity index (χ0) is 13.1. The summed E-state index contributed by atoms with van der Waals surface area (Å²) in [5.41, 5.74) is 6.88. The summed E-state index contributed by atoms with van der Waals surface area (Å²) >= 11 is 0. The fourth-order valence-electron chi connectivity index (χ4n) is 1.49. The third kappa shape index (κ3) is 2.63. The van der Waals surface area contributed by atoms with Crippen LogP contribution in [0.3, 0.4) is 0 Å². The number of nitrogens with zero attached hydrogens (tertiary/aromatic N) is 1. The Kier molecular flexibility index (Phi) is 3.23. The van der Waals surface area contributed by atoms with Gasteiger partial charge in [-0.3, -0.25) is 4.79 Å². The second-order valence-electron chi connectivity index (χ2n) is 3.86. The number of nitrogens with two attached hydrogens (primary N) is 1. The average Bonchev–Trinajstić information content (AvgIpc) is 2.34. The standard InChI is InChI=1S/C13H12FN3O/c1-8-5-6-9(14)7-11(8)17-13(18)10-3-2-4-12(15)16-10/h2-7H,1H3,(H2,15,16)(H,17,18). The Hall–Kier alpha value is -2.43. The molecule has 0 atom stereocenters. The van der Waals surface area contributed by atoms with Crippen molar-refractivity contribution in [2.45, 2.75) is 6.92 Å². The van der Waals surface area contributed by atoms with E-state index in [0.717, 1.165) is 5.56 Å². The minimum absolute atomic E-state index is 0.193. The first kappa shape index (κ1) is 12.0. The van der Waals surface area contributed by atoms with E-state index in [-0.39, 0.29) is 11.5 Å². The summed E-state index contributed by atoms with van der Waals surface area (Å²) in [6.07, 6.45) is 0. The number of pyridine rings is 1. The smallest absolute Gasteiger partial charge is 0.274 e. The fraction of sp³-hybridized carbons (Fsp3) is 0.0769. The molecule has 0 saturated carbocycles. The van der Waals surface area contributed by atoms with Crippen LogP contribution in [0.15, 0.2) is 36.4 Å². The van der Waals surface area contributed by atoms with Crippen LogP contribution < -0.4 is 11.1 Å². The van der Waals surface area contributed by atoms with Crippen LogP contribution >= 0.6 is 0 Å². The molecule has 0 aliphatic heterocycles. The minimum atomic E-state index is -0.420. The number of anilines is 2. The number of benzene rings is 1. The van der Waals surface area contributed by atoms with E-state index in [2.05, 4.69) is 10.3 Å². The summed E-state index contributed by atoms with van der Waals surface area (Å²) in [4.78, 5) is 15.8. The lowest BCUT2D eigenvalue weighted by Gasteiger charge is -2.08. The van der Waals surface area contributed by atoms with E-state index in [1.54, 1.807) is 31.2 Å². The Bertz CT molecular complexity index is 599. The van der Waals surface area contributed by atoms with E-state index >= 15 is 0 Å². The number of nitrogen functional groups attached to an aromatic ring is 1. The van der Waals surface area contributed by atoms with Gasteiger partial charge < -0.3 is 11.1 Å². The lowest BCUT2D eigenvalue weighted by molar-refractivity contribution is 0.102. The number of amides is 1. The van der Waals surface area contributed by atoms with Crippen LogP contribution in [0.2, 0.25) is 0 Å². The van der Waals surface area contributed by atoms with E-state index in [1.807, 2.05) is 0 Å².